The van der Waals surface area contributed by atoms with Crippen LogP contribution in [0.15, 0.2) is 12.1 Å². The molecule has 1 fully saturated rings. The minimum absolute atomic E-state index is 0.480. The van der Waals surface area contributed by atoms with E-state index < -0.39 is 0 Å². The second kappa shape index (κ2) is 6.69. The minimum Gasteiger partial charge on any atom is -0.306 e. The Bertz CT molecular complexity index is 355. The summed E-state index contributed by atoms with van der Waals surface area (Å²) < 4.78 is 0. The molecule has 0 bridgehead atoms. The highest BCUT2D eigenvalue weighted by Gasteiger charge is 2.16. The average Bonchev–Trinajstić information content (AvgIpc) is 2.98. The van der Waals surface area contributed by atoms with E-state index in [-0.39, 0.29) is 0 Å². The van der Waals surface area contributed by atoms with E-state index in [9.17, 15) is 0 Å². The quantitative estimate of drug-likeness (QED) is 0.848. The van der Waals surface area contributed by atoms with Crippen LogP contribution < -0.4 is 5.32 Å². The first-order chi connectivity index (χ1) is 8.69. The molecule has 1 aliphatic rings. The van der Waals surface area contributed by atoms with Gasteiger partial charge in [0.1, 0.15) is 0 Å². The molecule has 0 amide bonds. The maximum absolute atomic E-state index is 3.73. The fourth-order valence-corrected chi connectivity index (χ4v) is 3.70. The maximum Gasteiger partial charge on any atom is 0.0388 e. The van der Waals surface area contributed by atoms with Crippen LogP contribution in [0.1, 0.15) is 49.4 Å². The number of likely N-dealkylation sites (tertiary alicyclic amines) is 1. The van der Waals surface area contributed by atoms with Crippen LogP contribution in [0, 0.1) is 0 Å². The van der Waals surface area contributed by atoms with Crippen molar-refractivity contribution in [1.82, 2.24) is 10.2 Å². The van der Waals surface area contributed by atoms with Gasteiger partial charge >= 0.3 is 0 Å². The van der Waals surface area contributed by atoms with Crippen LogP contribution in [-0.2, 0) is 6.42 Å². The molecule has 1 saturated heterocycles. The molecule has 1 aromatic rings. The number of hydrogen-bond donors (Lipinski definition) is 1. The SMILES string of the molecule is CCc1ccc(C(C)NC(C)CN2CCCC2)s1. The van der Waals surface area contributed by atoms with Crippen molar-refractivity contribution in [3.63, 3.8) is 0 Å². The summed E-state index contributed by atoms with van der Waals surface area (Å²) in [6.45, 7) is 10.6. The van der Waals surface area contributed by atoms with Gasteiger partial charge in [0, 0.05) is 28.4 Å². The smallest absolute Gasteiger partial charge is 0.0388 e. The Labute approximate surface area is 115 Å². The highest BCUT2D eigenvalue weighted by Crippen LogP contribution is 2.23. The predicted octanol–water partition coefficient (Wildman–Crippen LogP) is 3.45. The second-order valence-electron chi connectivity index (χ2n) is 5.45. The van der Waals surface area contributed by atoms with Crippen LogP contribution in [0.2, 0.25) is 0 Å². The van der Waals surface area contributed by atoms with Crippen molar-refractivity contribution in [2.75, 3.05) is 19.6 Å². The lowest BCUT2D eigenvalue weighted by Crippen LogP contribution is -2.38. The van der Waals surface area contributed by atoms with Crippen molar-refractivity contribution in [1.29, 1.82) is 0 Å². The topological polar surface area (TPSA) is 15.3 Å². The molecule has 0 spiro atoms. The second-order valence-corrected chi connectivity index (χ2v) is 6.65. The number of thiophene rings is 1. The first kappa shape index (κ1) is 14.0. The lowest BCUT2D eigenvalue weighted by Gasteiger charge is -2.24. The molecule has 102 valence electrons. The summed E-state index contributed by atoms with van der Waals surface area (Å²) in [5.41, 5.74) is 0. The fraction of sp³-hybridized carbons (Fsp3) is 0.733. The van der Waals surface area contributed by atoms with Gasteiger partial charge in [-0.15, -0.1) is 11.3 Å². The lowest BCUT2D eigenvalue weighted by atomic mass is 10.2. The molecule has 18 heavy (non-hydrogen) atoms. The fourth-order valence-electron chi connectivity index (χ4n) is 2.73. The summed E-state index contributed by atoms with van der Waals surface area (Å²) in [7, 11) is 0. The summed E-state index contributed by atoms with van der Waals surface area (Å²) in [5, 5.41) is 3.73. The molecule has 2 atom stereocenters. The Hall–Kier alpha value is -0.380. The molecular formula is C15H26N2S. The molecular weight excluding hydrogens is 240 g/mol. The monoisotopic (exact) mass is 266 g/mol. The standard InChI is InChI=1S/C15H26N2S/c1-4-14-7-8-15(18-14)13(3)16-12(2)11-17-9-5-6-10-17/h7-8,12-13,16H,4-6,9-11H2,1-3H3. The van der Waals surface area contributed by atoms with Crippen molar-refractivity contribution in [2.24, 2.45) is 0 Å². The van der Waals surface area contributed by atoms with Gasteiger partial charge in [-0.25, -0.2) is 0 Å². The number of nitrogens with one attached hydrogen (secondary N) is 1. The molecule has 0 radical (unpaired) electrons. The molecule has 2 unspecified atom stereocenters. The summed E-state index contributed by atoms with van der Waals surface area (Å²) in [6.07, 6.45) is 3.92. The van der Waals surface area contributed by atoms with Crippen molar-refractivity contribution in [3.05, 3.63) is 21.9 Å². The molecule has 2 nitrogen and oxygen atoms in total. The van der Waals surface area contributed by atoms with Crippen LogP contribution in [0.25, 0.3) is 0 Å². The van der Waals surface area contributed by atoms with Gasteiger partial charge in [0.05, 0.1) is 0 Å². The molecule has 3 heteroatoms. The van der Waals surface area contributed by atoms with Gasteiger partial charge in [0.15, 0.2) is 0 Å². The minimum atomic E-state index is 0.480. The van der Waals surface area contributed by atoms with Gasteiger partial charge in [-0.1, -0.05) is 6.92 Å². The van der Waals surface area contributed by atoms with Crippen molar-refractivity contribution >= 4 is 11.3 Å². The Kier molecular flexibility index (Phi) is 5.22. The van der Waals surface area contributed by atoms with E-state index >= 15 is 0 Å². The number of nitrogens with zero attached hydrogens (tertiary/aromatic N) is 1. The zero-order valence-electron chi connectivity index (χ0n) is 11.9. The third kappa shape index (κ3) is 3.81. The zero-order chi connectivity index (χ0) is 13.0. The van der Waals surface area contributed by atoms with Crippen LogP contribution in [0.5, 0.6) is 0 Å². The van der Waals surface area contributed by atoms with Crippen molar-refractivity contribution < 1.29 is 0 Å². The lowest BCUT2D eigenvalue weighted by molar-refractivity contribution is 0.290. The highest BCUT2D eigenvalue weighted by molar-refractivity contribution is 7.12. The Morgan fingerprint density at radius 3 is 2.61 bits per heavy atom. The van der Waals surface area contributed by atoms with Crippen LogP contribution >= 0.6 is 11.3 Å². The van der Waals surface area contributed by atoms with E-state index in [2.05, 4.69) is 43.1 Å². The maximum atomic E-state index is 3.73. The van der Waals surface area contributed by atoms with Gasteiger partial charge < -0.3 is 10.2 Å². The average molecular weight is 266 g/mol. The zero-order valence-corrected chi connectivity index (χ0v) is 12.7. The van der Waals surface area contributed by atoms with Crippen molar-refractivity contribution in [3.8, 4) is 0 Å². The Balaban J connectivity index is 1.80. The molecule has 1 N–H and O–H groups in total. The number of rotatable bonds is 6. The van der Waals surface area contributed by atoms with Gasteiger partial charge in [-0.2, -0.15) is 0 Å². The third-order valence-electron chi connectivity index (χ3n) is 3.72. The van der Waals surface area contributed by atoms with Crippen LogP contribution in [0.4, 0.5) is 0 Å². The first-order valence-corrected chi connectivity index (χ1v) is 8.07. The Morgan fingerprint density at radius 2 is 2.00 bits per heavy atom. The number of hydrogen-bond acceptors (Lipinski definition) is 3. The predicted molar refractivity (Wildman–Crippen MR) is 80.4 cm³/mol. The normalized spacial score (nSPS) is 20.2. The summed E-state index contributed by atoms with van der Waals surface area (Å²) in [6, 6.07) is 5.60. The molecule has 1 aliphatic heterocycles. The van der Waals surface area contributed by atoms with E-state index in [0.29, 0.717) is 12.1 Å². The molecule has 1 aromatic heterocycles. The summed E-state index contributed by atoms with van der Waals surface area (Å²) in [5.74, 6) is 0. The van der Waals surface area contributed by atoms with E-state index in [0.717, 1.165) is 6.42 Å². The van der Waals surface area contributed by atoms with Gasteiger partial charge in [0.2, 0.25) is 0 Å². The molecule has 0 aliphatic carbocycles. The van der Waals surface area contributed by atoms with E-state index in [1.807, 2.05) is 11.3 Å². The van der Waals surface area contributed by atoms with Crippen molar-refractivity contribution in [2.45, 2.75) is 52.1 Å². The molecule has 0 saturated carbocycles. The van der Waals surface area contributed by atoms with Gasteiger partial charge in [0.25, 0.3) is 0 Å². The van der Waals surface area contributed by atoms with Gasteiger partial charge in [-0.3, -0.25) is 0 Å². The Morgan fingerprint density at radius 1 is 1.28 bits per heavy atom. The van der Waals surface area contributed by atoms with E-state index in [1.54, 1.807) is 0 Å². The van der Waals surface area contributed by atoms with Crippen LogP contribution in [-0.4, -0.2) is 30.6 Å². The number of aryl methyl sites for hydroxylation is 1. The molecule has 0 aromatic carbocycles. The van der Waals surface area contributed by atoms with E-state index in [4.69, 9.17) is 0 Å². The van der Waals surface area contributed by atoms with E-state index in [1.165, 1.54) is 42.2 Å². The summed E-state index contributed by atoms with van der Waals surface area (Å²) in [4.78, 5) is 5.54. The molecule has 2 rings (SSSR count). The van der Waals surface area contributed by atoms with Crippen LogP contribution in [0.3, 0.4) is 0 Å². The largest absolute Gasteiger partial charge is 0.306 e. The highest BCUT2D eigenvalue weighted by atomic mass is 32.1. The third-order valence-corrected chi connectivity index (χ3v) is 5.14. The molecule has 2 heterocycles. The van der Waals surface area contributed by atoms with Gasteiger partial charge in [-0.05, 0) is 58.3 Å². The summed E-state index contributed by atoms with van der Waals surface area (Å²) >= 11 is 1.95. The first-order valence-electron chi connectivity index (χ1n) is 7.26.